The number of hydrogen-bond donors (Lipinski definition) is 1. The van der Waals surface area contributed by atoms with Gasteiger partial charge >= 0.3 is 0 Å². The molecule has 0 bridgehead atoms. The molecule has 1 saturated heterocycles. The molecule has 0 unspecified atom stereocenters. The van der Waals surface area contributed by atoms with E-state index >= 15 is 0 Å². The van der Waals surface area contributed by atoms with E-state index in [1.807, 2.05) is 6.92 Å². The van der Waals surface area contributed by atoms with Crippen LogP contribution < -0.4 is 5.32 Å². The van der Waals surface area contributed by atoms with Crippen molar-refractivity contribution in [3.63, 3.8) is 0 Å². The van der Waals surface area contributed by atoms with Crippen LogP contribution in [0.3, 0.4) is 0 Å². The highest BCUT2D eigenvalue weighted by molar-refractivity contribution is 6.05. The summed E-state index contributed by atoms with van der Waals surface area (Å²) < 4.78 is 13.7. The van der Waals surface area contributed by atoms with Crippen LogP contribution in [0, 0.1) is 5.82 Å². The summed E-state index contributed by atoms with van der Waals surface area (Å²) in [4.78, 5) is 10.9. The second kappa shape index (κ2) is 5.86. The van der Waals surface area contributed by atoms with Crippen LogP contribution in [0.4, 0.5) is 21.6 Å². The van der Waals surface area contributed by atoms with E-state index < -0.39 is 0 Å². The van der Waals surface area contributed by atoms with Gasteiger partial charge in [-0.2, -0.15) is 4.80 Å². The Balaban J connectivity index is 1.82. The SMILES string of the molecule is CCn1nc2c(n1)C(N1CCN(C)CC1)=Nc1cc(F)ccc1N2. The minimum absolute atomic E-state index is 0.303. The number of piperazine rings is 1. The van der Waals surface area contributed by atoms with Gasteiger partial charge in [-0.15, -0.1) is 10.2 Å². The summed E-state index contributed by atoms with van der Waals surface area (Å²) in [7, 11) is 2.11. The van der Waals surface area contributed by atoms with E-state index in [2.05, 4.69) is 32.4 Å². The summed E-state index contributed by atoms with van der Waals surface area (Å²) in [6, 6.07) is 4.56. The van der Waals surface area contributed by atoms with Gasteiger partial charge in [0.25, 0.3) is 0 Å². The fraction of sp³-hybridized carbons (Fsp3) is 0.438. The highest BCUT2D eigenvalue weighted by Crippen LogP contribution is 2.34. The average molecular weight is 329 g/mol. The van der Waals surface area contributed by atoms with Crippen molar-refractivity contribution in [3.8, 4) is 0 Å². The zero-order valence-electron chi connectivity index (χ0n) is 13.8. The van der Waals surface area contributed by atoms with Gasteiger partial charge in [0.1, 0.15) is 5.82 Å². The van der Waals surface area contributed by atoms with Crippen LogP contribution in [0.2, 0.25) is 0 Å². The molecule has 2 aromatic rings. The van der Waals surface area contributed by atoms with Crippen LogP contribution in [0.1, 0.15) is 12.6 Å². The lowest BCUT2D eigenvalue weighted by atomic mass is 10.2. The third-order valence-electron chi connectivity index (χ3n) is 4.39. The third kappa shape index (κ3) is 2.62. The number of anilines is 2. The fourth-order valence-corrected chi connectivity index (χ4v) is 2.96. The molecule has 1 N–H and O–H groups in total. The Morgan fingerprint density at radius 1 is 1.17 bits per heavy atom. The van der Waals surface area contributed by atoms with E-state index in [4.69, 9.17) is 4.99 Å². The van der Waals surface area contributed by atoms with Crippen LogP contribution in [-0.2, 0) is 6.54 Å². The van der Waals surface area contributed by atoms with E-state index in [-0.39, 0.29) is 5.82 Å². The third-order valence-corrected chi connectivity index (χ3v) is 4.39. The monoisotopic (exact) mass is 329 g/mol. The van der Waals surface area contributed by atoms with Crippen molar-refractivity contribution in [1.82, 2.24) is 24.8 Å². The van der Waals surface area contributed by atoms with E-state index in [1.54, 1.807) is 10.9 Å². The first-order chi connectivity index (χ1) is 11.6. The van der Waals surface area contributed by atoms with Crippen LogP contribution in [0.25, 0.3) is 0 Å². The number of aromatic nitrogens is 3. The molecule has 0 radical (unpaired) electrons. The normalized spacial score (nSPS) is 17.6. The molecule has 1 aromatic heterocycles. The Morgan fingerprint density at radius 2 is 1.96 bits per heavy atom. The Bertz CT molecular complexity index is 790. The maximum Gasteiger partial charge on any atom is 0.184 e. The number of halogens is 1. The molecule has 0 atom stereocenters. The highest BCUT2D eigenvalue weighted by atomic mass is 19.1. The molecule has 2 aliphatic rings. The van der Waals surface area contributed by atoms with Crippen molar-refractivity contribution in [3.05, 3.63) is 29.7 Å². The maximum atomic E-state index is 13.7. The fourth-order valence-electron chi connectivity index (χ4n) is 2.96. The first-order valence-electron chi connectivity index (χ1n) is 8.18. The van der Waals surface area contributed by atoms with Gasteiger partial charge in [-0.3, -0.25) is 0 Å². The van der Waals surface area contributed by atoms with Crippen molar-refractivity contribution in [2.45, 2.75) is 13.5 Å². The molecule has 1 fully saturated rings. The molecule has 0 saturated carbocycles. The number of rotatable bonds is 1. The number of benzene rings is 1. The van der Waals surface area contributed by atoms with Gasteiger partial charge in [0.2, 0.25) is 0 Å². The van der Waals surface area contributed by atoms with Gasteiger partial charge in [0.15, 0.2) is 17.3 Å². The molecule has 0 amide bonds. The molecule has 24 heavy (non-hydrogen) atoms. The van der Waals surface area contributed by atoms with Gasteiger partial charge in [-0.1, -0.05) is 0 Å². The molecule has 126 valence electrons. The van der Waals surface area contributed by atoms with E-state index in [0.29, 0.717) is 18.1 Å². The van der Waals surface area contributed by atoms with E-state index in [9.17, 15) is 4.39 Å². The van der Waals surface area contributed by atoms with Crippen molar-refractivity contribution in [1.29, 1.82) is 0 Å². The van der Waals surface area contributed by atoms with Gasteiger partial charge in [0, 0.05) is 32.2 Å². The molecular weight excluding hydrogens is 309 g/mol. The first-order valence-corrected chi connectivity index (χ1v) is 8.18. The molecule has 0 aliphatic carbocycles. The summed E-state index contributed by atoms with van der Waals surface area (Å²) in [5, 5.41) is 12.3. The number of nitrogens with one attached hydrogen (secondary N) is 1. The van der Waals surface area contributed by atoms with Crippen LogP contribution >= 0.6 is 0 Å². The first kappa shape index (κ1) is 15.1. The minimum atomic E-state index is -0.303. The average Bonchev–Trinajstić information content (AvgIpc) is 2.92. The summed E-state index contributed by atoms with van der Waals surface area (Å²) in [6.07, 6.45) is 0. The van der Waals surface area contributed by atoms with Crippen LogP contribution in [0.15, 0.2) is 23.2 Å². The van der Waals surface area contributed by atoms with Crippen molar-refractivity contribution < 1.29 is 4.39 Å². The Labute approximate surface area is 139 Å². The Hall–Kier alpha value is -2.48. The zero-order chi connectivity index (χ0) is 16.7. The molecule has 7 nitrogen and oxygen atoms in total. The molecule has 8 heteroatoms. The Kier molecular flexibility index (Phi) is 3.68. The molecule has 1 aromatic carbocycles. The number of likely N-dealkylation sites (N-methyl/N-ethyl adjacent to an activating group) is 1. The smallest absolute Gasteiger partial charge is 0.184 e. The van der Waals surface area contributed by atoms with Gasteiger partial charge in [0.05, 0.1) is 17.9 Å². The van der Waals surface area contributed by atoms with E-state index in [1.165, 1.54) is 12.1 Å². The second-order valence-electron chi connectivity index (χ2n) is 6.10. The lowest BCUT2D eigenvalue weighted by molar-refractivity contribution is 0.215. The van der Waals surface area contributed by atoms with Crippen LogP contribution in [-0.4, -0.2) is 63.9 Å². The molecule has 2 aliphatic heterocycles. The predicted octanol–water partition coefficient (Wildman–Crippen LogP) is 1.82. The summed E-state index contributed by atoms with van der Waals surface area (Å²) in [5.74, 6) is 1.12. The topological polar surface area (TPSA) is 61.6 Å². The van der Waals surface area contributed by atoms with Gasteiger partial charge < -0.3 is 15.1 Å². The number of nitrogens with zero attached hydrogens (tertiary/aromatic N) is 6. The van der Waals surface area contributed by atoms with E-state index in [0.717, 1.165) is 43.4 Å². The second-order valence-corrected chi connectivity index (χ2v) is 6.10. The molecule has 4 rings (SSSR count). The zero-order valence-corrected chi connectivity index (χ0v) is 13.8. The van der Waals surface area contributed by atoms with Crippen molar-refractivity contribution >= 4 is 23.0 Å². The number of hydrogen-bond acceptors (Lipinski definition) is 6. The van der Waals surface area contributed by atoms with Crippen molar-refractivity contribution in [2.75, 3.05) is 38.5 Å². The molecule has 0 spiro atoms. The number of amidine groups is 1. The lowest BCUT2D eigenvalue weighted by Crippen LogP contribution is -2.47. The maximum absolute atomic E-state index is 13.7. The summed E-state index contributed by atoms with van der Waals surface area (Å²) >= 11 is 0. The van der Waals surface area contributed by atoms with Crippen LogP contribution in [0.5, 0.6) is 0 Å². The minimum Gasteiger partial charge on any atom is -0.352 e. The number of aryl methyl sites for hydroxylation is 1. The van der Waals surface area contributed by atoms with Crippen molar-refractivity contribution in [2.24, 2.45) is 4.99 Å². The number of aliphatic imine (C=N–C) groups is 1. The van der Waals surface area contributed by atoms with Gasteiger partial charge in [-0.05, 0) is 26.1 Å². The summed E-state index contributed by atoms with van der Waals surface area (Å²) in [5.41, 5.74) is 2.04. The largest absolute Gasteiger partial charge is 0.352 e. The predicted molar refractivity (Wildman–Crippen MR) is 90.6 cm³/mol. The lowest BCUT2D eigenvalue weighted by Gasteiger charge is -2.33. The highest BCUT2D eigenvalue weighted by Gasteiger charge is 2.27. The number of fused-ring (bicyclic) bond motifs is 2. The molecule has 3 heterocycles. The van der Waals surface area contributed by atoms with Gasteiger partial charge in [-0.25, -0.2) is 9.38 Å². The Morgan fingerprint density at radius 3 is 2.71 bits per heavy atom. The quantitative estimate of drug-likeness (QED) is 0.865. The summed E-state index contributed by atoms with van der Waals surface area (Å²) in [6.45, 7) is 6.31. The molecular formula is C16H20FN7. The standard InChI is InChI=1S/C16H20FN7/c1-3-24-20-14-15(21-24)18-12-5-4-11(17)10-13(12)19-16(14)23-8-6-22(2)7-9-23/h4-5,10H,3,6-9H2,1-2H3,(H,18,21).